The summed E-state index contributed by atoms with van der Waals surface area (Å²) >= 11 is 0. The van der Waals surface area contributed by atoms with Crippen LogP contribution in [-0.4, -0.2) is 23.0 Å². The van der Waals surface area contributed by atoms with Crippen LogP contribution in [0.4, 0.5) is 5.69 Å². The third kappa shape index (κ3) is 2.28. The summed E-state index contributed by atoms with van der Waals surface area (Å²) in [4.78, 5) is 16.4. The van der Waals surface area contributed by atoms with Gasteiger partial charge in [-0.1, -0.05) is 36.4 Å². The SMILES string of the molecule is CCN(C(=O)C(C#N)=[N+]=[N-])c1cccc2ccccc12. The number of amides is 1. The number of rotatable bonds is 3. The van der Waals surface area contributed by atoms with E-state index in [0.29, 0.717) is 12.2 Å². The average Bonchev–Trinajstić information content (AvgIpc) is 2.49. The maximum absolute atomic E-state index is 12.2. The molecule has 0 N–H and O–H groups in total. The van der Waals surface area contributed by atoms with Gasteiger partial charge in [0, 0.05) is 11.9 Å². The van der Waals surface area contributed by atoms with Gasteiger partial charge in [-0.3, -0.25) is 4.79 Å². The molecule has 0 bridgehead atoms. The topological polar surface area (TPSA) is 80.5 Å². The van der Waals surface area contributed by atoms with Gasteiger partial charge >= 0.3 is 11.6 Å². The minimum Gasteiger partial charge on any atom is -0.360 e. The van der Waals surface area contributed by atoms with Crippen LogP contribution in [0.3, 0.4) is 0 Å². The lowest BCUT2D eigenvalue weighted by Gasteiger charge is -2.19. The molecule has 0 aromatic heterocycles. The Morgan fingerprint density at radius 3 is 2.65 bits per heavy atom. The van der Waals surface area contributed by atoms with Gasteiger partial charge in [-0.25, -0.2) is 0 Å². The van der Waals surface area contributed by atoms with Crippen molar-refractivity contribution in [3.63, 3.8) is 0 Å². The van der Waals surface area contributed by atoms with E-state index in [1.165, 1.54) is 4.90 Å². The van der Waals surface area contributed by atoms with E-state index in [1.54, 1.807) is 19.1 Å². The smallest absolute Gasteiger partial charge is 0.360 e. The summed E-state index contributed by atoms with van der Waals surface area (Å²) in [5.74, 6) is -0.617. The Kier molecular flexibility index (Phi) is 3.90. The van der Waals surface area contributed by atoms with E-state index in [1.807, 2.05) is 36.4 Å². The first-order valence-corrected chi connectivity index (χ1v) is 6.14. The van der Waals surface area contributed by atoms with E-state index in [4.69, 9.17) is 10.8 Å². The van der Waals surface area contributed by atoms with Gasteiger partial charge in [-0.15, -0.1) is 4.79 Å². The molecule has 0 radical (unpaired) electrons. The summed E-state index contributed by atoms with van der Waals surface area (Å²) in [6.45, 7) is 2.17. The molecule has 5 nitrogen and oxygen atoms in total. The zero-order valence-corrected chi connectivity index (χ0v) is 10.9. The van der Waals surface area contributed by atoms with Crippen molar-refractivity contribution < 1.29 is 9.58 Å². The van der Waals surface area contributed by atoms with Crippen molar-refractivity contribution in [2.75, 3.05) is 11.4 Å². The van der Waals surface area contributed by atoms with E-state index in [2.05, 4.69) is 4.79 Å². The quantitative estimate of drug-likeness (QED) is 0.484. The Labute approximate surface area is 116 Å². The minimum absolute atomic E-state index is 0.369. The van der Waals surface area contributed by atoms with Gasteiger partial charge in [0.05, 0.1) is 5.69 Å². The highest BCUT2D eigenvalue weighted by atomic mass is 16.2. The number of carbonyl (C=O) groups excluding carboxylic acids is 1. The van der Waals surface area contributed by atoms with Crippen molar-refractivity contribution in [3.05, 3.63) is 48.0 Å². The molecular weight excluding hydrogens is 252 g/mol. The first-order chi connectivity index (χ1) is 9.72. The highest BCUT2D eigenvalue weighted by molar-refractivity contribution is 6.47. The van der Waals surface area contributed by atoms with Gasteiger partial charge in [0.2, 0.25) is 0 Å². The molecule has 98 valence electrons. The van der Waals surface area contributed by atoms with Crippen molar-refractivity contribution in [1.82, 2.24) is 0 Å². The van der Waals surface area contributed by atoms with Crippen molar-refractivity contribution >= 4 is 28.1 Å². The normalized spacial score (nSPS) is 9.60. The third-order valence-corrected chi connectivity index (χ3v) is 3.03. The van der Waals surface area contributed by atoms with Crippen LogP contribution in [0.1, 0.15) is 6.92 Å². The number of hydrogen-bond donors (Lipinski definition) is 0. The van der Waals surface area contributed by atoms with Crippen LogP contribution in [0, 0.1) is 11.3 Å². The lowest BCUT2D eigenvalue weighted by atomic mass is 10.1. The molecule has 0 atom stereocenters. The molecule has 0 aliphatic rings. The van der Waals surface area contributed by atoms with E-state index in [9.17, 15) is 4.79 Å². The van der Waals surface area contributed by atoms with Crippen LogP contribution in [0.15, 0.2) is 42.5 Å². The first kappa shape index (κ1) is 13.5. The standard InChI is InChI=1S/C15H12N4O/c1-2-19(15(20)13(10-16)18-17)14-9-5-7-11-6-3-4-8-12(11)14/h3-9H,2H2,1H3. The number of benzene rings is 2. The molecule has 20 heavy (non-hydrogen) atoms. The fraction of sp³-hybridized carbons (Fsp3) is 0.133. The molecule has 1 amide bonds. The molecule has 0 heterocycles. The van der Waals surface area contributed by atoms with Crippen LogP contribution in [0.2, 0.25) is 0 Å². The molecule has 0 saturated heterocycles. The van der Waals surface area contributed by atoms with E-state index >= 15 is 0 Å². The van der Waals surface area contributed by atoms with Crippen LogP contribution >= 0.6 is 0 Å². The molecule has 0 aliphatic carbocycles. The Balaban J connectivity index is 2.59. The molecular formula is C15H12N4O. The summed E-state index contributed by atoms with van der Waals surface area (Å²) in [7, 11) is 0. The summed E-state index contributed by atoms with van der Waals surface area (Å²) in [6.07, 6.45) is 0. The number of nitrogens with zero attached hydrogens (tertiary/aromatic N) is 4. The summed E-state index contributed by atoms with van der Waals surface area (Å²) in [6, 6.07) is 14.8. The molecule has 0 unspecified atom stereocenters. The predicted octanol–water partition coefficient (Wildman–Crippen LogP) is 2.39. The molecule has 2 rings (SSSR count). The lowest BCUT2D eigenvalue weighted by Crippen LogP contribution is -2.36. The van der Waals surface area contributed by atoms with Crippen molar-refractivity contribution in [3.8, 4) is 6.07 Å². The maximum Gasteiger partial charge on any atom is 0.456 e. The first-order valence-electron chi connectivity index (χ1n) is 6.14. The highest BCUT2D eigenvalue weighted by Gasteiger charge is 2.27. The second-order valence-electron chi connectivity index (χ2n) is 4.11. The van der Waals surface area contributed by atoms with Gasteiger partial charge in [-0.2, -0.15) is 5.26 Å². The Morgan fingerprint density at radius 1 is 1.30 bits per heavy atom. The van der Waals surface area contributed by atoms with E-state index in [-0.39, 0.29) is 0 Å². The second kappa shape index (κ2) is 5.79. The van der Waals surface area contributed by atoms with Gasteiger partial charge < -0.3 is 10.4 Å². The zero-order chi connectivity index (χ0) is 14.5. The van der Waals surface area contributed by atoms with Gasteiger partial charge in [0.1, 0.15) is 0 Å². The number of nitriles is 1. The fourth-order valence-electron chi connectivity index (χ4n) is 2.11. The zero-order valence-electron chi connectivity index (χ0n) is 10.9. The molecule has 2 aromatic rings. The Hall–Kier alpha value is -2.96. The molecule has 0 fully saturated rings. The van der Waals surface area contributed by atoms with E-state index in [0.717, 1.165) is 10.8 Å². The monoisotopic (exact) mass is 264 g/mol. The second-order valence-corrected chi connectivity index (χ2v) is 4.11. The maximum atomic E-state index is 12.2. The van der Waals surface area contributed by atoms with Crippen LogP contribution in [-0.2, 0) is 4.79 Å². The fourth-order valence-corrected chi connectivity index (χ4v) is 2.11. The molecule has 0 saturated carbocycles. The average molecular weight is 264 g/mol. The number of hydrogen-bond acceptors (Lipinski definition) is 2. The third-order valence-electron chi connectivity index (χ3n) is 3.03. The molecule has 0 spiro atoms. The summed E-state index contributed by atoms with van der Waals surface area (Å²) < 4.78 is 0. The van der Waals surface area contributed by atoms with Crippen LogP contribution in [0.5, 0.6) is 0 Å². The minimum atomic E-state index is -0.617. The van der Waals surface area contributed by atoms with Crippen LogP contribution in [0.25, 0.3) is 16.3 Å². The Morgan fingerprint density at radius 2 is 2.00 bits per heavy atom. The van der Waals surface area contributed by atoms with Crippen molar-refractivity contribution in [2.24, 2.45) is 0 Å². The summed E-state index contributed by atoms with van der Waals surface area (Å²) in [5.41, 5.74) is 8.88. The molecule has 0 aliphatic heterocycles. The van der Waals surface area contributed by atoms with Crippen molar-refractivity contribution in [1.29, 1.82) is 5.26 Å². The van der Waals surface area contributed by atoms with Gasteiger partial charge in [0.15, 0.2) is 6.07 Å². The number of carbonyl (C=O) groups is 1. The predicted molar refractivity (Wildman–Crippen MR) is 76.2 cm³/mol. The summed E-state index contributed by atoms with van der Waals surface area (Å²) in [5, 5.41) is 10.7. The molecule has 2 aromatic carbocycles. The van der Waals surface area contributed by atoms with Gasteiger partial charge in [-0.05, 0) is 18.4 Å². The lowest BCUT2D eigenvalue weighted by molar-refractivity contribution is -0.116. The Bertz CT molecular complexity index is 749. The largest absolute Gasteiger partial charge is 0.456 e. The molecule has 5 heteroatoms. The van der Waals surface area contributed by atoms with Crippen molar-refractivity contribution in [2.45, 2.75) is 6.92 Å². The van der Waals surface area contributed by atoms with E-state index < -0.39 is 11.6 Å². The highest BCUT2D eigenvalue weighted by Crippen LogP contribution is 2.26. The number of fused-ring (bicyclic) bond motifs is 1. The van der Waals surface area contributed by atoms with Crippen LogP contribution < -0.4 is 4.90 Å². The van der Waals surface area contributed by atoms with Gasteiger partial charge in [0.25, 0.3) is 0 Å². The number of anilines is 1.